The van der Waals surface area contributed by atoms with E-state index in [1.165, 1.54) is 0 Å². The molecule has 6 nitrogen and oxygen atoms in total. The zero-order valence-electron chi connectivity index (χ0n) is 9.67. The lowest BCUT2D eigenvalue weighted by molar-refractivity contribution is 0.412. The van der Waals surface area contributed by atoms with Gasteiger partial charge in [0.15, 0.2) is 5.79 Å². The molecule has 0 spiro atoms. The molecule has 2 aromatic heterocycles. The second-order valence-electron chi connectivity index (χ2n) is 3.90. The van der Waals surface area contributed by atoms with Gasteiger partial charge in [0.1, 0.15) is 5.52 Å². The molecule has 0 atom stereocenters. The summed E-state index contributed by atoms with van der Waals surface area (Å²) in [5.41, 5.74) is 19.9. The molecule has 0 aliphatic rings. The van der Waals surface area contributed by atoms with E-state index in [2.05, 4.69) is 9.97 Å². The molecule has 2 aromatic rings. The minimum absolute atomic E-state index is 0.392. The summed E-state index contributed by atoms with van der Waals surface area (Å²) >= 11 is 0. The van der Waals surface area contributed by atoms with Crippen LogP contribution in [0, 0.1) is 6.92 Å². The van der Waals surface area contributed by atoms with Crippen LogP contribution in [-0.4, -0.2) is 21.1 Å². The molecule has 0 unspecified atom stereocenters. The number of nitrogens with two attached hydrogens (primary N) is 3. The SMILES string of the molecule is Cc1nccc2c1ncn2C(N)(N)/C=C/CN. The standard InChI is InChI=1S/C11H16N6/c1-8-10-9(3-6-15-8)17(7-16-10)11(13,14)4-2-5-12/h2-4,6-7H,5,12-14H2,1H3/b4-2+. The Balaban J connectivity index is 2.56. The Morgan fingerprint density at radius 1 is 1.41 bits per heavy atom. The van der Waals surface area contributed by atoms with E-state index >= 15 is 0 Å². The van der Waals surface area contributed by atoms with Gasteiger partial charge in [-0.15, -0.1) is 0 Å². The Morgan fingerprint density at radius 2 is 2.18 bits per heavy atom. The predicted octanol–water partition coefficient (Wildman–Crippen LogP) is -0.218. The van der Waals surface area contributed by atoms with Gasteiger partial charge in [0.2, 0.25) is 0 Å². The lowest BCUT2D eigenvalue weighted by Crippen LogP contribution is -2.49. The molecule has 2 rings (SSSR count). The Hall–Kier alpha value is -1.76. The Morgan fingerprint density at radius 3 is 2.88 bits per heavy atom. The number of aryl methyl sites for hydroxylation is 1. The van der Waals surface area contributed by atoms with Gasteiger partial charge in [-0.25, -0.2) is 4.98 Å². The van der Waals surface area contributed by atoms with Crippen molar-refractivity contribution in [1.82, 2.24) is 14.5 Å². The first-order valence-electron chi connectivity index (χ1n) is 5.31. The van der Waals surface area contributed by atoms with Gasteiger partial charge in [-0.3, -0.25) is 21.0 Å². The fraction of sp³-hybridized carbons (Fsp3) is 0.273. The lowest BCUT2D eigenvalue weighted by atomic mass is 10.2. The molecule has 0 amide bonds. The van der Waals surface area contributed by atoms with E-state index in [0.717, 1.165) is 16.7 Å². The molecule has 0 saturated carbocycles. The maximum absolute atomic E-state index is 6.02. The van der Waals surface area contributed by atoms with Crippen LogP contribution in [0.2, 0.25) is 0 Å². The molecular weight excluding hydrogens is 216 g/mol. The summed E-state index contributed by atoms with van der Waals surface area (Å²) in [6.45, 7) is 2.29. The molecule has 0 fully saturated rings. The summed E-state index contributed by atoms with van der Waals surface area (Å²) in [4.78, 5) is 8.44. The van der Waals surface area contributed by atoms with Gasteiger partial charge in [0, 0.05) is 12.7 Å². The summed E-state index contributed by atoms with van der Waals surface area (Å²) in [5.74, 6) is -1.14. The Labute approximate surface area is 99.1 Å². The fourth-order valence-corrected chi connectivity index (χ4v) is 1.72. The smallest absolute Gasteiger partial charge is 0.166 e. The number of hydrogen-bond donors (Lipinski definition) is 3. The quantitative estimate of drug-likeness (QED) is 0.501. The van der Waals surface area contributed by atoms with Crippen molar-refractivity contribution in [2.24, 2.45) is 17.2 Å². The highest BCUT2D eigenvalue weighted by atomic mass is 15.3. The zero-order chi connectivity index (χ0) is 12.5. The fourth-order valence-electron chi connectivity index (χ4n) is 1.72. The van der Waals surface area contributed by atoms with Crippen LogP contribution in [0.15, 0.2) is 30.7 Å². The summed E-state index contributed by atoms with van der Waals surface area (Å²) in [5, 5.41) is 0. The zero-order valence-corrected chi connectivity index (χ0v) is 9.67. The van der Waals surface area contributed by atoms with Gasteiger partial charge in [-0.2, -0.15) is 0 Å². The summed E-state index contributed by atoms with van der Waals surface area (Å²) in [7, 11) is 0. The third kappa shape index (κ3) is 2.05. The normalized spacial score (nSPS) is 12.7. The largest absolute Gasteiger partial charge is 0.327 e. The molecule has 0 saturated heterocycles. The van der Waals surface area contributed by atoms with Crippen LogP contribution < -0.4 is 17.2 Å². The summed E-state index contributed by atoms with van der Waals surface area (Å²) in [6.07, 6.45) is 6.70. The monoisotopic (exact) mass is 232 g/mol. The third-order valence-electron chi connectivity index (χ3n) is 2.59. The highest BCUT2D eigenvalue weighted by Gasteiger charge is 2.20. The van der Waals surface area contributed by atoms with Crippen molar-refractivity contribution >= 4 is 11.0 Å². The molecule has 0 aliphatic heterocycles. The van der Waals surface area contributed by atoms with Gasteiger partial charge in [0.05, 0.1) is 17.5 Å². The second kappa shape index (κ2) is 4.25. The minimum atomic E-state index is -1.14. The van der Waals surface area contributed by atoms with Crippen LogP contribution in [0.3, 0.4) is 0 Å². The predicted molar refractivity (Wildman–Crippen MR) is 66.8 cm³/mol. The van der Waals surface area contributed by atoms with E-state index in [1.54, 1.807) is 29.2 Å². The van der Waals surface area contributed by atoms with E-state index in [4.69, 9.17) is 17.2 Å². The average molecular weight is 232 g/mol. The minimum Gasteiger partial charge on any atom is -0.327 e. The van der Waals surface area contributed by atoms with Gasteiger partial charge in [-0.05, 0) is 19.1 Å². The van der Waals surface area contributed by atoms with Crippen molar-refractivity contribution < 1.29 is 0 Å². The number of nitrogens with zero attached hydrogens (tertiary/aromatic N) is 3. The van der Waals surface area contributed by atoms with Crippen molar-refractivity contribution in [2.45, 2.75) is 12.7 Å². The van der Waals surface area contributed by atoms with E-state index in [0.29, 0.717) is 6.54 Å². The average Bonchev–Trinajstić information content (AvgIpc) is 2.72. The van der Waals surface area contributed by atoms with Crippen molar-refractivity contribution in [3.63, 3.8) is 0 Å². The van der Waals surface area contributed by atoms with Gasteiger partial charge in [-0.1, -0.05) is 6.08 Å². The van der Waals surface area contributed by atoms with Crippen LogP contribution in [0.1, 0.15) is 5.69 Å². The van der Waals surface area contributed by atoms with Crippen molar-refractivity contribution in [3.05, 3.63) is 36.4 Å². The van der Waals surface area contributed by atoms with E-state index in [1.807, 2.05) is 13.0 Å². The van der Waals surface area contributed by atoms with Crippen molar-refractivity contribution in [2.75, 3.05) is 6.54 Å². The summed E-state index contributed by atoms with van der Waals surface area (Å²) in [6, 6.07) is 1.83. The first-order valence-corrected chi connectivity index (χ1v) is 5.31. The second-order valence-corrected chi connectivity index (χ2v) is 3.90. The molecule has 0 aliphatic carbocycles. The summed E-state index contributed by atoms with van der Waals surface area (Å²) < 4.78 is 1.70. The highest BCUT2D eigenvalue weighted by Crippen LogP contribution is 2.18. The van der Waals surface area contributed by atoms with E-state index < -0.39 is 5.79 Å². The molecule has 2 heterocycles. The van der Waals surface area contributed by atoms with Gasteiger partial charge in [0.25, 0.3) is 0 Å². The number of aromatic nitrogens is 3. The highest BCUT2D eigenvalue weighted by molar-refractivity contribution is 5.77. The van der Waals surface area contributed by atoms with Crippen LogP contribution >= 0.6 is 0 Å². The Bertz CT molecular complexity index is 554. The van der Waals surface area contributed by atoms with Crippen molar-refractivity contribution in [1.29, 1.82) is 0 Å². The first kappa shape index (κ1) is 11.7. The number of imidazole rings is 1. The number of pyridine rings is 1. The number of hydrogen-bond acceptors (Lipinski definition) is 5. The Kier molecular flexibility index (Phi) is 2.93. The van der Waals surface area contributed by atoms with E-state index in [9.17, 15) is 0 Å². The molecular formula is C11H16N6. The first-order chi connectivity index (χ1) is 8.06. The van der Waals surface area contributed by atoms with Crippen LogP contribution in [0.4, 0.5) is 0 Å². The van der Waals surface area contributed by atoms with Crippen LogP contribution in [0.25, 0.3) is 11.0 Å². The maximum Gasteiger partial charge on any atom is 0.166 e. The third-order valence-corrected chi connectivity index (χ3v) is 2.59. The van der Waals surface area contributed by atoms with Gasteiger partial charge < -0.3 is 5.73 Å². The van der Waals surface area contributed by atoms with Crippen LogP contribution in [-0.2, 0) is 5.79 Å². The topological polar surface area (TPSA) is 109 Å². The van der Waals surface area contributed by atoms with Crippen molar-refractivity contribution in [3.8, 4) is 0 Å². The maximum atomic E-state index is 6.02. The molecule has 17 heavy (non-hydrogen) atoms. The lowest BCUT2D eigenvalue weighted by Gasteiger charge is -2.23. The van der Waals surface area contributed by atoms with E-state index in [-0.39, 0.29) is 0 Å². The molecule has 0 bridgehead atoms. The van der Waals surface area contributed by atoms with Crippen LogP contribution in [0.5, 0.6) is 0 Å². The molecule has 90 valence electrons. The molecule has 0 radical (unpaired) electrons. The number of fused-ring (bicyclic) bond motifs is 1. The number of rotatable bonds is 3. The van der Waals surface area contributed by atoms with Gasteiger partial charge >= 0.3 is 0 Å². The molecule has 6 heteroatoms. The molecule has 0 aromatic carbocycles. The molecule has 6 N–H and O–H groups in total.